The van der Waals surface area contributed by atoms with E-state index in [1.807, 2.05) is 0 Å². The van der Waals surface area contributed by atoms with Gasteiger partial charge in [-0.05, 0) is 43.9 Å². The number of amides is 2. The Morgan fingerprint density at radius 2 is 1.85 bits per heavy atom. The van der Waals surface area contributed by atoms with Crippen LogP contribution in [0.2, 0.25) is 10.0 Å². The Morgan fingerprint density at radius 3 is 2.55 bits per heavy atom. The van der Waals surface area contributed by atoms with Gasteiger partial charge >= 0.3 is 0 Å². The normalized spacial score (nSPS) is 20.2. The molecular weight excluding hydrogens is 469 g/mol. The van der Waals surface area contributed by atoms with Crippen molar-refractivity contribution in [2.75, 3.05) is 32.8 Å². The third-order valence-corrected chi connectivity index (χ3v) is 6.37. The highest BCUT2D eigenvalue weighted by Gasteiger charge is 2.27. The number of nitrogens with one attached hydrogen (secondary N) is 1. The topological polar surface area (TPSA) is 93.9 Å². The monoisotopic (exact) mass is 495 g/mol. The summed E-state index contributed by atoms with van der Waals surface area (Å²) in [6, 6.07) is 6.55. The third-order valence-electron chi connectivity index (χ3n) is 5.82. The van der Waals surface area contributed by atoms with Crippen molar-refractivity contribution in [1.29, 1.82) is 0 Å². The van der Waals surface area contributed by atoms with E-state index in [9.17, 15) is 9.59 Å². The molecule has 2 aromatic rings. The minimum absolute atomic E-state index is 0.0546. The Labute approximate surface area is 202 Å². The fourth-order valence-electron chi connectivity index (χ4n) is 4.02. The van der Waals surface area contributed by atoms with Crippen LogP contribution in [0.1, 0.15) is 42.6 Å². The number of carbonyl (C=O) groups is 2. The predicted octanol–water partition coefficient (Wildman–Crippen LogP) is 3.95. The quantitative estimate of drug-likeness (QED) is 0.565. The Balaban J connectivity index is 1.40. The molecule has 3 heterocycles. The molecule has 1 N–H and O–H groups in total. The minimum atomic E-state index is -0.322. The first-order chi connectivity index (χ1) is 16.0. The molecule has 2 amide bonds. The zero-order valence-electron chi connectivity index (χ0n) is 18.2. The van der Waals surface area contributed by atoms with Gasteiger partial charge in [0.1, 0.15) is 0 Å². The highest BCUT2D eigenvalue weighted by atomic mass is 35.5. The Hall–Kier alpha value is -2.13. The van der Waals surface area contributed by atoms with E-state index in [-0.39, 0.29) is 42.7 Å². The Kier molecular flexibility index (Phi) is 8.25. The summed E-state index contributed by atoms with van der Waals surface area (Å²) >= 11 is 12.2. The molecule has 2 fully saturated rings. The number of aromatic nitrogens is 1. The minimum Gasteiger partial charge on any atom is -0.376 e. The molecule has 0 aliphatic carbocycles. The fraction of sp³-hybridized carbons (Fsp3) is 0.522. The summed E-state index contributed by atoms with van der Waals surface area (Å²) in [6.45, 7) is 2.55. The second kappa shape index (κ2) is 11.3. The van der Waals surface area contributed by atoms with Crippen molar-refractivity contribution in [3.05, 3.63) is 40.0 Å². The zero-order valence-corrected chi connectivity index (χ0v) is 19.7. The molecule has 0 unspecified atom stereocenters. The lowest BCUT2D eigenvalue weighted by molar-refractivity contribution is -0.121. The predicted molar refractivity (Wildman–Crippen MR) is 123 cm³/mol. The summed E-state index contributed by atoms with van der Waals surface area (Å²) in [5.41, 5.74) is 0.737. The van der Waals surface area contributed by atoms with Crippen LogP contribution < -0.4 is 5.32 Å². The van der Waals surface area contributed by atoms with Gasteiger partial charge in [-0.15, -0.1) is 0 Å². The summed E-state index contributed by atoms with van der Waals surface area (Å²) in [7, 11) is 0. The van der Waals surface area contributed by atoms with E-state index < -0.39 is 0 Å². The maximum Gasteiger partial charge on any atom is 0.276 e. The van der Waals surface area contributed by atoms with Crippen LogP contribution in [-0.2, 0) is 14.3 Å². The SMILES string of the molecule is O=C(CCN(C[C@H]1CCCO1)C(=O)c1cc(-c2ccc(Cl)cc2Cl)on1)NC[C@@H]1CCCO1. The molecule has 1 aromatic heterocycles. The molecule has 10 heteroatoms. The van der Waals surface area contributed by atoms with Gasteiger partial charge in [-0.2, -0.15) is 0 Å². The number of ether oxygens (including phenoxy) is 2. The second-order valence-electron chi connectivity index (χ2n) is 8.28. The number of hydrogen-bond acceptors (Lipinski definition) is 6. The lowest BCUT2D eigenvalue weighted by atomic mass is 10.1. The molecule has 4 rings (SSSR count). The molecule has 1 aromatic carbocycles. The summed E-state index contributed by atoms with van der Waals surface area (Å²) in [5.74, 6) is -0.0756. The van der Waals surface area contributed by atoms with Crippen molar-refractivity contribution in [2.24, 2.45) is 0 Å². The highest BCUT2D eigenvalue weighted by molar-refractivity contribution is 6.36. The summed E-state index contributed by atoms with van der Waals surface area (Å²) < 4.78 is 16.6. The van der Waals surface area contributed by atoms with Gasteiger partial charge in [-0.1, -0.05) is 28.4 Å². The van der Waals surface area contributed by atoms with Crippen LogP contribution in [0, 0.1) is 0 Å². The molecule has 33 heavy (non-hydrogen) atoms. The molecule has 0 saturated carbocycles. The summed E-state index contributed by atoms with van der Waals surface area (Å²) in [6.07, 6.45) is 4.00. The van der Waals surface area contributed by atoms with E-state index in [1.165, 1.54) is 0 Å². The molecule has 2 atom stereocenters. The van der Waals surface area contributed by atoms with Crippen molar-refractivity contribution in [2.45, 2.75) is 44.3 Å². The van der Waals surface area contributed by atoms with Crippen LogP contribution in [0.5, 0.6) is 0 Å². The molecular formula is C23H27Cl2N3O5. The number of hydrogen-bond donors (Lipinski definition) is 1. The van der Waals surface area contributed by atoms with E-state index in [2.05, 4.69) is 10.5 Å². The lowest BCUT2D eigenvalue weighted by Gasteiger charge is -2.24. The van der Waals surface area contributed by atoms with Gasteiger partial charge in [0.2, 0.25) is 5.91 Å². The fourth-order valence-corrected chi connectivity index (χ4v) is 4.52. The largest absolute Gasteiger partial charge is 0.376 e. The van der Waals surface area contributed by atoms with Crippen LogP contribution in [0.25, 0.3) is 11.3 Å². The van der Waals surface area contributed by atoms with Gasteiger partial charge in [-0.3, -0.25) is 9.59 Å². The first-order valence-corrected chi connectivity index (χ1v) is 12.0. The van der Waals surface area contributed by atoms with Crippen LogP contribution in [0.3, 0.4) is 0 Å². The first kappa shape index (κ1) is 24.0. The van der Waals surface area contributed by atoms with E-state index in [0.717, 1.165) is 32.3 Å². The van der Waals surface area contributed by atoms with Crippen LogP contribution in [-0.4, -0.2) is 66.9 Å². The van der Waals surface area contributed by atoms with E-state index in [0.29, 0.717) is 41.1 Å². The van der Waals surface area contributed by atoms with Gasteiger partial charge < -0.3 is 24.2 Å². The van der Waals surface area contributed by atoms with Gasteiger partial charge in [-0.25, -0.2) is 0 Å². The van der Waals surface area contributed by atoms with Gasteiger partial charge in [0, 0.05) is 55.9 Å². The number of halogens is 2. The molecule has 2 aliphatic heterocycles. The number of rotatable bonds is 9. The lowest BCUT2D eigenvalue weighted by Crippen LogP contribution is -2.40. The molecule has 2 saturated heterocycles. The molecule has 0 radical (unpaired) electrons. The average molecular weight is 496 g/mol. The maximum absolute atomic E-state index is 13.2. The van der Waals surface area contributed by atoms with Crippen molar-refractivity contribution < 1.29 is 23.6 Å². The summed E-state index contributed by atoms with van der Waals surface area (Å²) in [4.78, 5) is 27.2. The van der Waals surface area contributed by atoms with Gasteiger partial charge in [0.15, 0.2) is 11.5 Å². The van der Waals surface area contributed by atoms with Crippen molar-refractivity contribution in [3.63, 3.8) is 0 Å². The Morgan fingerprint density at radius 1 is 1.09 bits per heavy atom. The van der Waals surface area contributed by atoms with E-state index in [1.54, 1.807) is 29.2 Å². The number of carbonyl (C=O) groups excluding carboxylic acids is 2. The number of nitrogens with zero attached hydrogens (tertiary/aromatic N) is 2. The molecule has 2 aliphatic rings. The zero-order chi connectivity index (χ0) is 23.2. The molecule has 0 bridgehead atoms. The van der Waals surface area contributed by atoms with Gasteiger partial charge in [0.25, 0.3) is 5.91 Å². The van der Waals surface area contributed by atoms with Crippen LogP contribution in [0.4, 0.5) is 0 Å². The smallest absolute Gasteiger partial charge is 0.276 e. The maximum atomic E-state index is 13.2. The standard InChI is InChI=1S/C23H27Cl2N3O5/c24-15-5-6-18(19(25)11-15)21-12-20(27-33-21)23(30)28(14-17-4-2-10-32-17)8-7-22(29)26-13-16-3-1-9-31-16/h5-6,11-12,16-17H,1-4,7-10,13-14H2,(H,26,29)/t16-,17+/m0/s1. The molecule has 8 nitrogen and oxygen atoms in total. The van der Waals surface area contributed by atoms with Crippen LogP contribution in [0.15, 0.2) is 28.8 Å². The Bertz CT molecular complexity index is 971. The summed E-state index contributed by atoms with van der Waals surface area (Å²) in [5, 5.41) is 7.75. The average Bonchev–Trinajstić information content (AvgIpc) is 3.57. The third kappa shape index (κ3) is 6.47. The van der Waals surface area contributed by atoms with Crippen molar-refractivity contribution in [1.82, 2.24) is 15.4 Å². The van der Waals surface area contributed by atoms with Crippen molar-refractivity contribution >= 4 is 35.0 Å². The molecule has 0 spiro atoms. The van der Waals surface area contributed by atoms with Crippen molar-refractivity contribution in [3.8, 4) is 11.3 Å². The number of benzene rings is 1. The first-order valence-electron chi connectivity index (χ1n) is 11.2. The van der Waals surface area contributed by atoms with E-state index in [4.69, 9.17) is 37.2 Å². The van der Waals surface area contributed by atoms with Gasteiger partial charge in [0.05, 0.1) is 17.2 Å². The second-order valence-corrected chi connectivity index (χ2v) is 9.12. The van der Waals surface area contributed by atoms with E-state index >= 15 is 0 Å². The van der Waals surface area contributed by atoms with Crippen LogP contribution >= 0.6 is 23.2 Å². The highest BCUT2D eigenvalue weighted by Crippen LogP contribution is 2.31. The molecule has 178 valence electrons.